The summed E-state index contributed by atoms with van der Waals surface area (Å²) in [6.07, 6.45) is 0. The van der Waals surface area contributed by atoms with Crippen molar-refractivity contribution in [1.29, 1.82) is 0 Å². The molecule has 0 aliphatic carbocycles. The van der Waals surface area contributed by atoms with E-state index < -0.39 is 8.07 Å². The molecule has 0 amide bonds. The third kappa shape index (κ3) is 3.63. The number of pyridine rings is 1. The molecule has 0 atom stereocenters. The largest absolute Gasteiger partial charge is 0.618 e. The van der Waals surface area contributed by atoms with E-state index in [0.29, 0.717) is 27.8 Å². The van der Waals surface area contributed by atoms with Gasteiger partial charge >= 0.3 is 0 Å². The summed E-state index contributed by atoms with van der Waals surface area (Å²) < 4.78 is 1.97. The van der Waals surface area contributed by atoms with Crippen LogP contribution in [0.3, 0.4) is 0 Å². The van der Waals surface area contributed by atoms with E-state index in [4.69, 9.17) is 0 Å². The van der Waals surface area contributed by atoms with Crippen LogP contribution >= 0.6 is 15.9 Å². The Bertz CT molecular complexity index is 825. The fourth-order valence-electron chi connectivity index (χ4n) is 4.13. The van der Waals surface area contributed by atoms with Crippen molar-refractivity contribution in [3.05, 3.63) is 45.2 Å². The van der Waals surface area contributed by atoms with Gasteiger partial charge in [0.25, 0.3) is 0 Å². The van der Waals surface area contributed by atoms with Crippen molar-refractivity contribution in [2.45, 2.75) is 65.1 Å². The highest BCUT2D eigenvalue weighted by molar-refractivity contribution is 9.10. The highest BCUT2D eigenvalue weighted by Crippen LogP contribution is 2.40. The maximum atomic E-state index is 12.6. The summed E-state index contributed by atoms with van der Waals surface area (Å²) in [7, 11) is -1.83. The monoisotopic (exact) mass is 417 g/mol. The first kappa shape index (κ1) is 20.0. The maximum absolute atomic E-state index is 12.6. The summed E-state index contributed by atoms with van der Waals surface area (Å²) in [5.74, 6) is 3.44. The van der Waals surface area contributed by atoms with Crippen LogP contribution in [0.1, 0.15) is 52.8 Å². The number of rotatable bonds is 3. The van der Waals surface area contributed by atoms with Crippen molar-refractivity contribution in [3.63, 3.8) is 0 Å². The van der Waals surface area contributed by atoms with E-state index in [0.717, 1.165) is 20.2 Å². The molecule has 134 valence electrons. The van der Waals surface area contributed by atoms with Crippen LogP contribution < -0.4 is 4.73 Å². The molecule has 2 aromatic rings. The standard InChI is InChI=1S/C21H28BrNOSi/c1-14(2)25(15(3)4,16(5)6)11-10-19-13-20(22)12-18-9-8-17(7)23(24)21(18)19/h8-9,12-16H,1-7H3. The first-order chi connectivity index (χ1) is 11.6. The summed E-state index contributed by atoms with van der Waals surface area (Å²) in [6, 6.07) is 7.80. The number of aryl methyl sites for hydroxylation is 1. The van der Waals surface area contributed by atoms with Gasteiger partial charge in [0.05, 0.1) is 10.9 Å². The number of nitrogens with zero attached hydrogens (tertiary/aromatic N) is 1. The van der Waals surface area contributed by atoms with Gasteiger partial charge in [0.2, 0.25) is 5.52 Å². The number of halogens is 1. The fraction of sp³-hybridized carbons (Fsp3) is 0.476. The van der Waals surface area contributed by atoms with Crippen molar-refractivity contribution >= 4 is 34.9 Å². The van der Waals surface area contributed by atoms with Crippen LogP contribution in [0.15, 0.2) is 28.7 Å². The van der Waals surface area contributed by atoms with Crippen LogP contribution in [0.4, 0.5) is 0 Å². The van der Waals surface area contributed by atoms with Gasteiger partial charge in [0.1, 0.15) is 8.07 Å². The molecule has 0 aliphatic heterocycles. The zero-order valence-corrected chi connectivity index (χ0v) is 18.9. The van der Waals surface area contributed by atoms with Gasteiger partial charge in [-0.25, -0.2) is 0 Å². The van der Waals surface area contributed by atoms with E-state index in [1.54, 1.807) is 0 Å². The second-order valence-electron chi connectivity index (χ2n) is 7.81. The van der Waals surface area contributed by atoms with Gasteiger partial charge in [0, 0.05) is 17.5 Å². The predicted molar refractivity (Wildman–Crippen MR) is 113 cm³/mol. The molecule has 0 N–H and O–H groups in total. The molecule has 0 radical (unpaired) electrons. The Morgan fingerprint density at radius 3 is 2.08 bits per heavy atom. The van der Waals surface area contributed by atoms with E-state index in [1.165, 1.54) is 0 Å². The van der Waals surface area contributed by atoms with E-state index in [-0.39, 0.29) is 0 Å². The molecule has 2 rings (SSSR count). The van der Waals surface area contributed by atoms with Crippen LogP contribution in [0, 0.1) is 23.6 Å². The van der Waals surface area contributed by atoms with E-state index in [1.807, 2.05) is 31.2 Å². The number of fused-ring (bicyclic) bond motifs is 1. The summed E-state index contributed by atoms with van der Waals surface area (Å²) in [4.78, 5) is 0. The molecule has 0 saturated heterocycles. The zero-order chi connectivity index (χ0) is 18.9. The Hall–Kier alpha value is -1.31. The average Bonchev–Trinajstić information content (AvgIpc) is 2.50. The van der Waals surface area contributed by atoms with Crippen molar-refractivity contribution in [3.8, 4) is 11.5 Å². The molecule has 25 heavy (non-hydrogen) atoms. The van der Waals surface area contributed by atoms with E-state index in [9.17, 15) is 5.21 Å². The van der Waals surface area contributed by atoms with Crippen molar-refractivity contribution in [1.82, 2.24) is 0 Å². The molecule has 2 nitrogen and oxygen atoms in total. The van der Waals surface area contributed by atoms with Gasteiger partial charge in [-0.15, -0.1) is 5.54 Å². The average molecular weight is 418 g/mol. The lowest BCUT2D eigenvalue weighted by Crippen LogP contribution is -2.43. The van der Waals surface area contributed by atoms with Crippen molar-refractivity contribution in [2.24, 2.45) is 0 Å². The van der Waals surface area contributed by atoms with Crippen LogP contribution in [-0.2, 0) is 0 Å². The highest BCUT2D eigenvalue weighted by atomic mass is 79.9. The summed E-state index contributed by atoms with van der Waals surface area (Å²) in [5, 5.41) is 13.6. The second-order valence-corrected chi connectivity index (χ2v) is 14.3. The van der Waals surface area contributed by atoms with Gasteiger partial charge < -0.3 is 5.21 Å². The van der Waals surface area contributed by atoms with Crippen LogP contribution in [0.5, 0.6) is 0 Å². The van der Waals surface area contributed by atoms with Crippen LogP contribution in [-0.4, -0.2) is 8.07 Å². The molecule has 0 unspecified atom stereocenters. The Kier molecular flexibility index (Phi) is 6.01. The number of aromatic nitrogens is 1. The number of hydrogen-bond donors (Lipinski definition) is 0. The normalized spacial score (nSPS) is 12.1. The molecule has 1 aromatic carbocycles. The minimum atomic E-state index is -1.83. The zero-order valence-electron chi connectivity index (χ0n) is 16.3. The van der Waals surface area contributed by atoms with Crippen molar-refractivity contribution in [2.75, 3.05) is 0 Å². The predicted octanol–water partition coefficient (Wildman–Crippen LogP) is 6.11. The van der Waals surface area contributed by atoms with Crippen LogP contribution in [0.2, 0.25) is 16.6 Å². The molecule has 0 spiro atoms. The minimum absolute atomic E-state index is 0.569. The summed E-state index contributed by atoms with van der Waals surface area (Å²) in [6.45, 7) is 15.7. The van der Waals surface area contributed by atoms with Crippen LogP contribution in [0.25, 0.3) is 10.9 Å². The van der Waals surface area contributed by atoms with Gasteiger partial charge in [-0.1, -0.05) is 63.4 Å². The highest BCUT2D eigenvalue weighted by Gasteiger charge is 2.41. The third-order valence-electron chi connectivity index (χ3n) is 5.41. The lowest BCUT2D eigenvalue weighted by Gasteiger charge is -2.38. The number of hydrogen-bond acceptors (Lipinski definition) is 1. The van der Waals surface area contributed by atoms with Gasteiger partial charge in [-0.2, -0.15) is 4.73 Å². The molecule has 1 heterocycles. The summed E-state index contributed by atoms with van der Waals surface area (Å²) in [5.41, 5.74) is 7.63. The SMILES string of the molecule is Cc1ccc2cc(Br)cc(C#C[Si](C(C)C)(C(C)C)C(C)C)c2[n+]1[O-]. The Morgan fingerprint density at radius 1 is 1.00 bits per heavy atom. The topological polar surface area (TPSA) is 26.9 Å². The Balaban J connectivity index is 2.76. The first-order valence-electron chi connectivity index (χ1n) is 8.96. The van der Waals surface area contributed by atoms with E-state index in [2.05, 4.69) is 68.9 Å². The second kappa shape index (κ2) is 7.51. The summed E-state index contributed by atoms with van der Waals surface area (Å²) >= 11 is 3.57. The quantitative estimate of drug-likeness (QED) is 0.256. The van der Waals surface area contributed by atoms with Gasteiger partial charge in [-0.3, -0.25) is 0 Å². The molecule has 0 fully saturated rings. The lowest BCUT2D eigenvalue weighted by molar-refractivity contribution is -0.584. The van der Waals surface area contributed by atoms with Crippen molar-refractivity contribution < 1.29 is 4.73 Å². The molecule has 0 aliphatic rings. The van der Waals surface area contributed by atoms with Gasteiger partial charge in [0.15, 0.2) is 5.69 Å². The third-order valence-corrected chi connectivity index (χ3v) is 12.2. The molecule has 4 heteroatoms. The molecule has 1 aromatic heterocycles. The Labute approximate surface area is 161 Å². The first-order valence-corrected chi connectivity index (χ1v) is 12.0. The molecule has 0 saturated carbocycles. The van der Waals surface area contributed by atoms with E-state index >= 15 is 0 Å². The molecule has 0 bridgehead atoms. The number of benzene rings is 1. The van der Waals surface area contributed by atoms with Gasteiger partial charge in [-0.05, 0) is 34.8 Å². The minimum Gasteiger partial charge on any atom is -0.618 e. The fourth-order valence-corrected chi connectivity index (χ4v) is 9.83. The Morgan fingerprint density at radius 2 is 1.56 bits per heavy atom. The lowest BCUT2D eigenvalue weighted by atomic mass is 10.1. The maximum Gasteiger partial charge on any atom is 0.239 e. The molecular formula is C21H28BrNOSi. The smallest absolute Gasteiger partial charge is 0.239 e. The molecular weight excluding hydrogens is 390 g/mol.